The molecule has 2 atom stereocenters. The second-order valence-electron chi connectivity index (χ2n) is 13.2. The molecule has 2 nitrogen and oxygen atoms in total. The molecular weight excluding hydrogens is 484 g/mol. The van der Waals surface area contributed by atoms with E-state index in [1.807, 2.05) is 0 Å². The van der Waals surface area contributed by atoms with E-state index in [4.69, 9.17) is 4.98 Å². The first-order valence-electron chi connectivity index (χ1n) is 18.8. The molecule has 0 saturated heterocycles. The highest BCUT2D eigenvalue weighted by molar-refractivity contribution is 5.02. The first-order chi connectivity index (χ1) is 19.7. The Kier molecular flexibility index (Phi) is 26.4. The SMILES string of the molecule is CCCCCCCCCCCCCCCCC(C)n1ccnc1C(CC)CCCCCCCCCCCCCC. The van der Waals surface area contributed by atoms with Crippen LogP contribution in [0.2, 0.25) is 0 Å². The van der Waals surface area contributed by atoms with E-state index in [2.05, 4.69) is 44.7 Å². The zero-order valence-corrected chi connectivity index (χ0v) is 28.2. The topological polar surface area (TPSA) is 17.8 Å². The Bertz CT molecular complexity index is 621. The fourth-order valence-corrected chi connectivity index (χ4v) is 6.53. The van der Waals surface area contributed by atoms with Crippen molar-refractivity contribution >= 4 is 0 Å². The van der Waals surface area contributed by atoms with Crippen LogP contribution < -0.4 is 0 Å². The van der Waals surface area contributed by atoms with Crippen LogP contribution in [0.25, 0.3) is 0 Å². The number of rotatable bonds is 31. The lowest BCUT2D eigenvalue weighted by Gasteiger charge is -2.21. The molecule has 0 aromatic carbocycles. The average molecular weight is 559 g/mol. The number of unbranched alkanes of at least 4 members (excludes halogenated alkanes) is 24. The number of imidazole rings is 1. The van der Waals surface area contributed by atoms with Gasteiger partial charge >= 0.3 is 0 Å². The standard InChI is InChI=1S/C38H74N2/c1-5-8-10-12-14-16-18-20-21-22-24-26-28-30-32-36(4)40-35-34-39-38(40)37(7-3)33-31-29-27-25-23-19-17-15-13-11-9-6-2/h34-37H,5-33H2,1-4H3. The highest BCUT2D eigenvalue weighted by Gasteiger charge is 2.18. The molecule has 40 heavy (non-hydrogen) atoms. The van der Waals surface area contributed by atoms with Gasteiger partial charge in [0.2, 0.25) is 0 Å². The lowest BCUT2D eigenvalue weighted by atomic mass is 9.96. The van der Waals surface area contributed by atoms with E-state index < -0.39 is 0 Å². The summed E-state index contributed by atoms with van der Waals surface area (Å²) >= 11 is 0. The molecule has 1 rings (SSSR count). The molecule has 2 heteroatoms. The van der Waals surface area contributed by atoms with Crippen molar-refractivity contribution in [2.24, 2.45) is 0 Å². The van der Waals surface area contributed by atoms with E-state index in [9.17, 15) is 0 Å². The second kappa shape index (κ2) is 28.3. The molecule has 1 heterocycles. The minimum absolute atomic E-state index is 0.589. The summed E-state index contributed by atoms with van der Waals surface area (Å²) in [7, 11) is 0. The smallest absolute Gasteiger partial charge is 0.111 e. The number of nitrogens with zero attached hydrogens (tertiary/aromatic N) is 2. The predicted molar refractivity (Wildman–Crippen MR) is 181 cm³/mol. The molecule has 0 fully saturated rings. The summed E-state index contributed by atoms with van der Waals surface area (Å²) in [6, 6.07) is 0.589. The highest BCUT2D eigenvalue weighted by atomic mass is 15.1. The first kappa shape index (κ1) is 37.2. The van der Waals surface area contributed by atoms with Crippen molar-refractivity contribution in [3.05, 3.63) is 18.2 Å². The Morgan fingerprint density at radius 1 is 0.500 bits per heavy atom. The number of hydrogen-bond acceptors (Lipinski definition) is 1. The van der Waals surface area contributed by atoms with Gasteiger partial charge in [-0.1, -0.05) is 188 Å². The molecule has 2 unspecified atom stereocenters. The lowest BCUT2D eigenvalue weighted by Crippen LogP contribution is -2.12. The van der Waals surface area contributed by atoms with Gasteiger partial charge < -0.3 is 4.57 Å². The Morgan fingerprint density at radius 3 is 1.23 bits per heavy atom. The van der Waals surface area contributed by atoms with E-state index in [-0.39, 0.29) is 0 Å². The zero-order chi connectivity index (χ0) is 28.9. The molecule has 0 saturated carbocycles. The minimum atomic E-state index is 0.589. The van der Waals surface area contributed by atoms with Crippen LogP contribution in [0.5, 0.6) is 0 Å². The van der Waals surface area contributed by atoms with Gasteiger partial charge in [0.1, 0.15) is 5.82 Å². The Labute approximate surface area is 253 Å². The van der Waals surface area contributed by atoms with Gasteiger partial charge in [-0.25, -0.2) is 4.98 Å². The number of aromatic nitrogens is 2. The van der Waals surface area contributed by atoms with E-state index in [1.165, 1.54) is 192 Å². The van der Waals surface area contributed by atoms with E-state index in [0.29, 0.717) is 12.0 Å². The Morgan fingerprint density at radius 2 is 0.850 bits per heavy atom. The third-order valence-corrected chi connectivity index (χ3v) is 9.41. The van der Waals surface area contributed by atoms with Gasteiger partial charge in [-0.05, 0) is 26.2 Å². The minimum Gasteiger partial charge on any atom is -0.332 e. The summed E-state index contributed by atoms with van der Waals surface area (Å²) in [5.74, 6) is 2.00. The van der Waals surface area contributed by atoms with Gasteiger partial charge in [0, 0.05) is 24.4 Å². The molecule has 0 amide bonds. The molecule has 1 aromatic heterocycles. The molecule has 0 radical (unpaired) electrons. The summed E-state index contributed by atoms with van der Waals surface area (Å²) < 4.78 is 2.52. The van der Waals surface area contributed by atoms with E-state index in [0.717, 1.165) is 0 Å². The van der Waals surface area contributed by atoms with Crippen molar-refractivity contribution in [3.63, 3.8) is 0 Å². The van der Waals surface area contributed by atoms with Gasteiger partial charge in [-0.15, -0.1) is 0 Å². The van der Waals surface area contributed by atoms with Crippen LogP contribution in [0.3, 0.4) is 0 Å². The van der Waals surface area contributed by atoms with Crippen LogP contribution in [0.15, 0.2) is 12.4 Å². The summed E-state index contributed by atoms with van der Waals surface area (Å²) in [6.07, 6.45) is 45.5. The van der Waals surface area contributed by atoms with Crippen molar-refractivity contribution in [3.8, 4) is 0 Å². The van der Waals surface area contributed by atoms with Crippen LogP contribution in [-0.2, 0) is 0 Å². The molecule has 1 aromatic rings. The summed E-state index contributed by atoms with van der Waals surface area (Å²) in [6.45, 7) is 9.39. The maximum atomic E-state index is 4.86. The molecule has 0 aliphatic rings. The fraction of sp³-hybridized carbons (Fsp3) is 0.921. The van der Waals surface area contributed by atoms with Crippen LogP contribution in [-0.4, -0.2) is 9.55 Å². The Hall–Kier alpha value is -0.790. The average Bonchev–Trinajstić information content (AvgIpc) is 3.45. The molecular formula is C38H74N2. The quantitative estimate of drug-likeness (QED) is 0.0828. The van der Waals surface area contributed by atoms with Gasteiger partial charge in [-0.2, -0.15) is 0 Å². The fourth-order valence-electron chi connectivity index (χ4n) is 6.53. The summed E-state index contributed by atoms with van der Waals surface area (Å²) in [5.41, 5.74) is 0. The van der Waals surface area contributed by atoms with Crippen LogP contribution in [0.4, 0.5) is 0 Å². The van der Waals surface area contributed by atoms with Crippen molar-refractivity contribution in [2.75, 3.05) is 0 Å². The molecule has 236 valence electrons. The van der Waals surface area contributed by atoms with E-state index in [1.54, 1.807) is 0 Å². The van der Waals surface area contributed by atoms with Crippen LogP contribution in [0, 0.1) is 0 Å². The molecule has 0 aliphatic heterocycles. The zero-order valence-electron chi connectivity index (χ0n) is 28.2. The monoisotopic (exact) mass is 559 g/mol. The Balaban J connectivity index is 2.07. The largest absolute Gasteiger partial charge is 0.332 e. The maximum absolute atomic E-state index is 4.86. The third kappa shape index (κ3) is 20.1. The second-order valence-corrected chi connectivity index (χ2v) is 13.2. The molecule has 0 bridgehead atoms. The van der Waals surface area contributed by atoms with Gasteiger partial charge in [-0.3, -0.25) is 0 Å². The molecule has 0 N–H and O–H groups in total. The summed E-state index contributed by atoms with van der Waals surface area (Å²) in [5, 5.41) is 0. The van der Waals surface area contributed by atoms with Crippen molar-refractivity contribution in [2.45, 2.75) is 226 Å². The van der Waals surface area contributed by atoms with Crippen molar-refractivity contribution < 1.29 is 0 Å². The molecule has 0 spiro atoms. The van der Waals surface area contributed by atoms with Gasteiger partial charge in [0.05, 0.1) is 0 Å². The molecule has 0 aliphatic carbocycles. The number of hydrogen-bond donors (Lipinski definition) is 0. The van der Waals surface area contributed by atoms with Crippen LogP contribution >= 0.6 is 0 Å². The van der Waals surface area contributed by atoms with Crippen molar-refractivity contribution in [1.82, 2.24) is 9.55 Å². The summed E-state index contributed by atoms with van der Waals surface area (Å²) in [4.78, 5) is 4.86. The maximum Gasteiger partial charge on any atom is 0.111 e. The lowest BCUT2D eigenvalue weighted by molar-refractivity contribution is 0.425. The van der Waals surface area contributed by atoms with Crippen LogP contribution in [0.1, 0.15) is 232 Å². The van der Waals surface area contributed by atoms with Gasteiger partial charge in [0.25, 0.3) is 0 Å². The van der Waals surface area contributed by atoms with E-state index >= 15 is 0 Å². The highest BCUT2D eigenvalue weighted by Crippen LogP contribution is 2.28. The first-order valence-corrected chi connectivity index (χ1v) is 18.8. The third-order valence-electron chi connectivity index (χ3n) is 9.41. The normalized spacial score (nSPS) is 13.2. The predicted octanol–water partition coefficient (Wildman–Crippen LogP) is 13.9. The van der Waals surface area contributed by atoms with Crippen molar-refractivity contribution in [1.29, 1.82) is 0 Å². The van der Waals surface area contributed by atoms with Gasteiger partial charge in [0.15, 0.2) is 0 Å².